The predicted octanol–water partition coefficient (Wildman–Crippen LogP) is -0.0141. The molecule has 0 aliphatic heterocycles. The highest BCUT2D eigenvalue weighted by Gasteiger charge is 2.04. The van der Waals surface area contributed by atoms with Crippen LogP contribution in [-0.2, 0) is 14.3 Å². The number of methoxy groups -OCH3 is 2. The topological polar surface area (TPSA) is 88.7 Å². The molecular weight excluding hydrogens is 274 g/mol. The van der Waals surface area contributed by atoms with Crippen molar-refractivity contribution >= 4 is 17.5 Å². The summed E-state index contributed by atoms with van der Waals surface area (Å²) < 4.78 is 9.84. The summed E-state index contributed by atoms with van der Waals surface area (Å²) in [5.74, 6) is 0.327. The first kappa shape index (κ1) is 16.9. The van der Waals surface area contributed by atoms with Gasteiger partial charge in [0.2, 0.25) is 11.8 Å². The number of hydrogen-bond donors (Lipinski definition) is 3. The highest BCUT2D eigenvalue weighted by molar-refractivity contribution is 5.92. The van der Waals surface area contributed by atoms with Crippen LogP contribution in [0.3, 0.4) is 0 Å². The molecule has 0 radical (unpaired) electrons. The van der Waals surface area contributed by atoms with Gasteiger partial charge in [0.25, 0.3) is 0 Å². The molecule has 3 N–H and O–H groups in total. The van der Waals surface area contributed by atoms with E-state index in [0.717, 1.165) is 5.75 Å². The molecule has 0 bridgehead atoms. The maximum Gasteiger partial charge on any atom is 0.238 e. The Bertz CT molecular complexity index is 448. The molecule has 7 nitrogen and oxygen atoms in total. The van der Waals surface area contributed by atoms with Gasteiger partial charge in [-0.25, -0.2) is 0 Å². The van der Waals surface area contributed by atoms with Gasteiger partial charge in [-0.1, -0.05) is 0 Å². The fourth-order valence-corrected chi connectivity index (χ4v) is 1.52. The molecular formula is C14H21N3O4. The molecule has 1 aromatic carbocycles. The van der Waals surface area contributed by atoms with E-state index in [0.29, 0.717) is 18.8 Å². The van der Waals surface area contributed by atoms with E-state index in [1.807, 2.05) is 0 Å². The number of benzene rings is 1. The maximum absolute atomic E-state index is 11.7. The van der Waals surface area contributed by atoms with Crippen molar-refractivity contribution < 1.29 is 19.1 Å². The summed E-state index contributed by atoms with van der Waals surface area (Å²) >= 11 is 0. The van der Waals surface area contributed by atoms with Gasteiger partial charge in [0, 0.05) is 19.3 Å². The number of nitrogens with one attached hydrogen (secondary N) is 3. The predicted molar refractivity (Wildman–Crippen MR) is 79.4 cm³/mol. The second-order valence-electron chi connectivity index (χ2n) is 4.22. The quantitative estimate of drug-likeness (QED) is 0.558. The zero-order valence-corrected chi connectivity index (χ0v) is 12.3. The summed E-state index contributed by atoms with van der Waals surface area (Å²) in [5.41, 5.74) is 0.673. The van der Waals surface area contributed by atoms with Crippen LogP contribution in [0.2, 0.25) is 0 Å². The van der Waals surface area contributed by atoms with E-state index in [1.54, 1.807) is 38.5 Å². The molecule has 0 atom stereocenters. The first-order valence-corrected chi connectivity index (χ1v) is 6.56. The summed E-state index contributed by atoms with van der Waals surface area (Å²) in [5, 5.41) is 8.12. The van der Waals surface area contributed by atoms with E-state index in [2.05, 4.69) is 16.0 Å². The second kappa shape index (κ2) is 9.73. The van der Waals surface area contributed by atoms with Crippen molar-refractivity contribution in [3.05, 3.63) is 24.3 Å². The third-order valence-corrected chi connectivity index (χ3v) is 2.57. The van der Waals surface area contributed by atoms with Crippen molar-refractivity contribution in [2.45, 2.75) is 0 Å². The van der Waals surface area contributed by atoms with Crippen molar-refractivity contribution in [3.8, 4) is 5.75 Å². The van der Waals surface area contributed by atoms with Gasteiger partial charge < -0.3 is 20.1 Å². The van der Waals surface area contributed by atoms with E-state index in [4.69, 9.17) is 9.47 Å². The van der Waals surface area contributed by atoms with Crippen molar-refractivity contribution in [2.24, 2.45) is 0 Å². The zero-order chi connectivity index (χ0) is 15.5. The summed E-state index contributed by atoms with van der Waals surface area (Å²) in [6, 6.07) is 7.00. The first-order valence-electron chi connectivity index (χ1n) is 6.56. The van der Waals surface area contributed by atoms with Gasteiger partial charge in [-0.05, 0) is 24.3 Å². The zero-order valence-electron chi connectivity index (χ0n) is 12.3. The molecule has 0 fully saturated rings. The molecule has 7 heteroatoms. The van der Waals surface area contributed by atoms with Crippen LogP contribution in [0.1, 0.15) is 0 Å². The lowest BCUT2D eigenvalue weighted by molar-refractivity contribution is -0.120. The molecule has 2 amide bonds. The van der Waals surface area contributed by atoms with E-state index >= 15 is 0 Å². The van der Waals surface area contributed by atoms with Gasteiger partial charge in [-0.15, -0.1) is 0 Å². The molecule has 0 aliphatic rings. The van der Waals surface area contributed by atoms with E-state index in [1.165, 1.54) is 0 Å². The fraction of sp³-hybridized carbons (Fsp3) is 0.429. The van der Waals surface area contributed by atoms with Gasteiger partial charge in [0.15, 0.2) is 0 Å². The lowest BCUT2D eigenvalue weighted by Crippen LogP contribution is -2.38. The normalized spacial score (nSPS) is 10.0. The van der Waals surface area contributed by atoms with Gasteiger partial charge in [0.1, 0.15) is 5.75 Å². The second-order valence-corrected chi connectivity index (χ2v) is 4.22. The maximum atomic E-state index is 11.7. The monoisotopic (exact) mass is 295 g/mol. The number of carbonyl (C=O) groups excluding carboxylic acids is 2. The molecule has 0 heterocycles. The third-order valence-electron chi connectivity index (χ3n) is 2.57. The minimum Gasteiger partial charge on any atom is -0.497 e. The van der Waals surface area contributed by atoms with Crippen LogP contribution < -0.4 is 20.7 Å². The Morgan fingerprint density at radius 1 is 1.05 bits per heavy atom. The van der Waals surface area contributed by atoms with Crippen LogP contribution in [0.5, 0.6) is 5.75 Å². The Labute approximate surface area is 124 Å². The summed E-state index contributed by atoms with van der Waals surface area (Å²) in [4.78, 5) is 23.0. The average molecular weight is 295 g/mol. The lowest BCUT2D eigenvalue weighted by atomic mass is 10.3. The van der Waals surface area contributed by atoms with Crippen molar-refractivity contribution in [1.82, 2.24) is 10.6 Å². The molecule has 1 aromatic rings. The van der Waals surface area contributed by atoms with Gasteiger partial charge in [-0.2, -0.15) is 0 Å². The first-order chi connectivity index (χ1) is 10.2. The molecule has 0 unspecified atom stereocenters. The number of anilines is 1. The Kier molecular flexibility index (Phi) is 7.85. The van der Waals surface area contributed by atoms with Crippen LogP contribution in [0.25, 0.3) is 0 Å². The molecule has 0 saturated carbocycles. The van der Waals surface area contributed by atoms with Crippen LogP contribution >= 0.6 is 0 Å². The van der Waals surface area contributed by atoms with Gasteiger partial charge in [0.05, 0.1) is 26.8 Å². The van der Waals surface area contributed by atoms with Crippen LogP contribution in [-0.4, -0.2) is 52.3 Å². The number of hydrogen-bond acceptors (Lipinski definition) is 5. The number of carbonyl (C=O) groups is 2. The molecule has 0 spiro atoms. The van der Waals surface area contributed by atoms with Crippen molar-refractivity contribution in [2.75, 3.05) is 45.8 Å². The largest absolute Gasteiger partial charge is 0.497 e. The number of amides is 2. The van der Waals surface area contributed by atoms with E-state index in [-0.39, 0.29) is 24.9 Å². The Balaban J connectivity index is 2.20. The van der Waals surface area contributed by atoms with Crippen LogP contribution in [0, 0.1) is 0 Å². The minimum atomic E-state index is -0.218. The molecule has 0 saturated heterocycles. The summed E-state index contributed by atoms with van der Waals surface area (Å²) in [6.45, 7) is 1.06. The average Bonchev–Trinajstić information content (AvgIpc) is 2.48. The summed E-state index contributed by atoms with van der Waals surface area (Å²) in [6.07, 6.45) is 0. The molecule has 21 heavy (non-hydrogen) atoms. The highest BCUT2D eigenvalue weighted by atomic mass is 16.5. The van der Waals surface area contributed by atoms with Gasteiger partial charge in [-0.3, -0.25) is 14.9 Å². The molecule has 116 valence electrons. The van der Waals surface area contributed by atoms with Crippen LogP contribution in [0.4, 0.5) is 5.69 Å². The Morgan fingerprint density at radius 2 is 1.71 bits per heavy atom. The highest BCUT2D eigenvalue weighted by Crippen LogP contribution is 2.14. The van der Waals surface area contributed by atoms with Crippen molar-refractivity contribution in [1.29, 1.82) is 0 Å². The smallest absolute Gasteiger partial charge is 0.238 e. The van der Waals surface area contributed by atoms with E-state index < -0.39 is 0 Å². The van der Waals surface area contributed by atoms with Crippen LogP contribution in [0.15, 0.2) is 24.3 Å². The van der Waals surface area contributed by atoms with Crippen molar-refractivity contribution in [3.63, 3.8) is 0 Å². The van der Waals surface area contributed by atoms with Gasteiger partial charge >= 0.3 is 0 Å². The number of rotatable bonds is 9. The Hall–Kier alpha value is -2.12. The number of ether oxygens (including phenoxy) is 2. The van der Waals surface area contributed by atoms with E-state index in [9.17, 15) is 9.59 Å². The standard InChI is InChI=1S/C14H21N3O4/c1-20-8-7-16-13(18)9-15-10-14(19)17-11-3-5-12(21-2)6-4-11/h3-6,15H,7-10H2,1-2H3,(H,16,18)(H,17,19). The fourth-order valence-electron chi connectivity index (χ4n) is 1.52. The SMILES string of the molecule is COCCNC(=O)CNCC(=O)Nc1ccc(OC)cc1. The third kappa shape index (κ3) is 7.28. The molecule has 1 rings (SSSR count). The molecule has 0 aromatic heterocycles. The lowest BCUT2D eigenvalue weighted by Gasteiger charge is -2.08. The summed E-state index contributed by atoms with van der Waals surface area (Å²) in [7, 11) is 3.14. The minimum absolute atomic E-state index is 0.0593. The molecule has 0 aliphatic carbocycles. The Morgan fingerprint density at radius 3 is 2.33 bits per heavy atom.